The largest absolute Gasteiger partial charge is 0.382 e. The molecule has 0 spiro atoms. The normalized spacial score (nSPS) is 22.2. The van der Waals surface area contributed by atoms with Crippen molar-refractivity contribution in [1.82, 2.24) is 24.4 Å². The maximum absolute atomic E-state index is 13.3. The molecule has 9 heteroatoms. The van der Waals surface area contributed by atoms with E-state index in [2.05, 4.69) is 15.0 Å². The summed E-state index contributed by atoms with van der Waals surface area (Å²) in [5.41, 5.74) is 6.11. The topological polar surface area (TPSA) is 99.2 Å². The summed E-state index contributed by atoms with van der Waals surface area (Å²) >= 11 is 0. The monoisotopic (exact) mass is 308 g/mol. The summed E-state index contributed by atoms with van der Waals surface area (Å²) < 4.78 is 20.4. The van der Waals surface area contributed by atoms with E-state index >= 15 is 0 Å². The Balaban J connectivity index is 1.82. The van der Waals surface area contributed by atoms with Gasteiger partial charge in [-0.1, -0.05) is 0 Å². The highest BCUT2D eigenvalue weighted by Gasteiger charge is 2.26. The average molecular weight is 308 g/mol. The number of hydrogen-bond donors (Lipinski definition) is 1. The van der Waals surface area contributed by atoms with Gasteiger partial charge in [-0.05, 0) is 13.8 Å². The van der Waals surface area contributed by atoms with Gasteiger partial charge in [-0.2, -0.15) is 14.4 Å². The molecule has 2 aromatic rings. The third-order valence-electron chi connectivity index (χ3n) is 3.54. The van der Waals surface area contributed by atoms with Crippen molar-refractivity contribution in [2.24, 2.45) is 0 Å². The number of carbonyl (C=O) groups is 1. The Labute approximate surface area is 126 Å². The smallest absolute Gasteiger partial charge is 0.312 e. The molecule has 1 fully saturated rings. The van der Waals surface area contributed by atoms with Crippen molar-refractivity contribution >= 4 is 22.9 Å². The second-order valence-corrected chi connectivity index (χ2v) is 5.48. The first-order valence-corrected chi connectivity index (χ1v) is 7.01. The molecule has 2 atom stereocenters. The van der Waals surface area contributed by atoms with Crippen LogP contribution in [0, 0.1) is 6.08 Å². The zero-order valence-electron chi connectivity index (χ0n) is 12.4. The maximum atomic E-state index is 13.3. The number of morpholine rings is 1. The SMILES string of the molecule is CC1CN(C(=O)Cn2cnc3c(N)nc(F)nc32)CC(C)O1. The Morgan fingerprint density at radius 1 is 1.41 bits per heavy atom. The molecule has 118 valence electrons. The van der Waals surface area contributed by atoms with Crippen molar-refractivity contribution in [3.8, 4) is 0 Å². The fourth-order valence-corrected chi connectivity index (χ4v) is 2.68. The van der Waals surface area contributed by atoms with Crippen LogP contribution in [-0.2, 0) is 16.1 Å². The van der Waals surface area contributed by atoms with Gasteiger partial charge in [0, 0.05) is 13.1 Å². The second-order valence-electron chi connectivity index (χ2n) is 5.48. The van der Waals surface area contributed by atoms with Gasteiger partial charge >= 0.3 is 6.08 Å². The minimum absolute atomic E-state index is 0.0114. The third-order valence-corrected chi connectivity index (χ3v) is 3.54. The number of hydrogen-bond acceptors (Lipinski definition) is 6. The lowest BCUT2D eigenvalue weighted by atomic mass is 10.2. The van der Waals surface area contributed by atoms with Crippen LogP contribution >= 0.6 is 0 Å². The molecule has 0 aliphatic carbocycles. The minimum Gasteiger partial charge on any atom is -0.382 e. The number of ether oxygens (including phenoxy) is 1. The summed E-state index contributed by atoms with van der Waals surface area (Å²) in [7, 11) is 0. The van der Waals surface area contributed by atoms with E-state index in [1.165, 1.54) is 10.9 Å². The van der Waals surface area contributed by atoms with Crippen molar-refractivity contribution in [3.63, 3.8) is 0 Å². The van der Waals surface area contributed by atoms with Crippen molar-refractivity contribution in [2.75, 3.05) is 18.8 Å². The number of halogens is 1. The molecule has 2 aromatic heterocycles. The Bertz CT molecular complexity index is 708. The van der Waals surface area contributed by atoms with Gasteiger partial charge in [-0.15, -0.1) is 0 Å². The molecule has 1 amide bonds. The Morgan fingerprint density at radius 3 is 2.77 bits per heavy atom. The molecule has 0 aromatic carbocycles. The van der Waals surface area contributed by atoms with Gasteiger partial charge in [-0.25, -0.2) is 4.98 Å². The standard InChI is InChI=1S/C13H17FN6O2/c1-7-3-19(4-8(2)22-7)9(21)5-20-6-16-10-11(15)17-13(14)18-12(10)20/h6-8H,3-5H2,1-2H3,(H2,15,17,18). The number of carbonyl (C=O) groups excluding carboxylic acids is 1. The van der Waals surface area contributed by atoms with Crippen molar-refractivity contribution in [2.45, 2.75) is 32.6 Å². The number of nitrogen functional groups attached to an aromatic ring is 1. The Kier molecular flexibility index (Phi) is 3.65. The van der Waals surface area contributed by atoms with Gasteiger partial charge in [-0.3, -0.25) is 4.79 Å². The summed E-state index contributed by atoms with van der Waals surface area (Å²) in [6, 6.07) is 0. The quantitative estimate of drug-likeness (QED) is 0.795. The molecular formula is C13H17FN6O2. The van der Waals surface area contributed by atoms with Crippen LogP contribution in [0.25, 0.3) is 11.2 Å². The van der Waals surface area contributed by atoms with Gasteiger partial charge in [0.05, 0.1) is 18.5 Å². The molecule has 3 rings (SSSR count). The number of anilines is 1. The first kappa shape index (κ1) is 14.6. The summed E-state index contributed by atoms with van der Waals surface area (Å²) in [4.78, 5) is 25.3. The molecule has 1 aliphatic rings. The van der Waals surface area contributed by atoms with Crippen LogP contribution < -0.4 is 5.73 Å². The van der Waals surface area contributed by atoms with Crippen LogP contribution in [-0.4, -0.2) is 55.6 Å². The van der Waals surface area contributed by atoms with Crippen molar-refractivity contribution in [3.05, 3.63) is 12.4 Å². The number of nitrogens with two attached hydrogens (primary N) is 1. The summed E-state index contributed by atoms with van der Waals surface area (Å²) in [5.74, 6) is -0.138. The highest BCUT2D eigenvalue weighted by Crippen LogP contribution is 2.17. The predicted molar refractivity (Wildman–Crippen MR) is 76.3 cm³/mol. The minimum atomic E-state index is -0.937. The van der Waals surface area contributed by atoms with Crippen LogP contribution in [0.1, 0.15) is 13.8 Å². The zero-order valence-corrected chi connectivity index (χ0v) is 12.4. The molecule has 0 radical (unpaired) electrons. The molecule has 8 nitrogen and oxygen atoms in total. The van der Waals surface area contributed by atoms with E-state index in [0.29, 0.717) is 13.1 Å². The molecule has 0 bridgehead atoms. The van der Waals surface area contributed by atoms with Gasteiger partial charge in [0.15, 0.2) is 11.5 Å². The Morgan fingerprint density at radius 2 is 2.09 bits per heavy atom. The van der Waals surface area contributed by atoms with Crippen LogP contribution in [0.5, 0.6) is 0 Å². The van der Waals surface area contributed by atoms with E-state index in [9.17, 15) is 9.18 Å². The molecule has 1 saturated heterocycles. The van der Waals surface area contributed by atoms with Gasteiger partial charge in [0.1, 0.15) is 12.1 Å². The van der Waals surface area contributed by atoms with Crippen LogP contribution in [0.4, 0.5) is 10.2 Å². The molecule has 2 N–H and O–H groups in total. The number of imidazole rings is 1. The van der Waals surface area contributed by atoms with Crippen molar-refractivity contribution < 1.29 is 13.9 Å². The summed E-state index contributed by atoms with van der Waals surface area (Å²) in [6.07, 6.45) is 0.457. The average Bonchev–Trinajstić information content (AvgIpc) is 2.81. The lowest BCUT2D eigenvalue weighted by molar-refractivity contribution is -0.143. The molecule has 1 aliphatic heterocycles. The third kappa shape index (κ3) is 2.71. The number of amides is 1. The number of fused-ring (bicyclic) bond motifs is 1. The first-order chi connectivity index (χ1) is 10.4. The highest BCUT2D eigenvalue weighted by molar-refractivity contribution is 5.83. The summed E-state index contributed by atoms with van der Waals surface area (Å²) in [5, 5.41) is 0. The van der Waals surface area contributed by atoms with E-state index in [1.807, 2.05) is 13.8 Å². The lowest BCUT2D eigenvalue weighted by Gasteiger charge is -2.35. The fourth-order valence-electron chi connectivity index (χ4n) is 2.68. The number of rotatable bonds is 2. The van der Waals surface area contributed by atoms with E-state index in [-0.39, 0.29) is 41.6 Å². The Hall–Kier alpha value is -2.29. The number of aromatic nitrogens is 4. The van der Waals surface area contributed by atoms with E-state index in [4.69, 9.17) is 10.5 Å². The second kappa shape index (κ2) is 5.48. The number of nitrogens with zero attached hydrogens (tertiary/aromatic N) is 5. The van der Waals surface area contributed by atoms with Gasteiger partial charge in [0.2, 0.25) is 5.91 Å². The predicted octanol–water partition coefficient (Wildman–Crippen LogP) is 0.183. The van der Waals surface area contributed by atoms with Gasteiger partial charge < -0.3 is 19.9 Å². The van der Waals surface area contributed by atoms with Crippen LogP contribution in [0.2, 0.25) is 0 Å². The molecule has 3 heterocycles. The maximum Gasteiger partial charge on any atom is 0.312 e. The fraction of sp³-hybridized carbons (Fsp3) is 0.538. The molecule has 22 heavy (non-hydrogen) atoms. The highest BCUT2D eigenvalue weighted by atomic mass is 19.1. The molecular weight excluding hydrogens is 291 g/mol. The van der Waals surface area contributed by atoms with Gasteiger partial charge in [0.25, 0.3) is 0 Å². The lowest BCUT2D eigenvalue weighted by Crippen LogP contribution is -2.49. The van der Waals surface area contributed by atoms with E-state index in [1.54, 1.807) is 4.90 Å². The van der Waals surface area contributed by atoms with Crippen LogP contribution in [0.15, 0.2) is 6.33 Å². The first-order valence-electron chi connectivity index (χ1n) is 7.01. The summed E-state index contributed by atoms with van der Waals surface area (Å²) in [6.45, 7) is 4.92. The van der Waals surface area contributed by atoms with Crippen molar-refractivity contribution in [1.29, 1.82) is 0 Å². The zero-order chi connectivity index (χ0) is 15.9. The molecule has 2 unspecified atom stereocenters. The van der Waals surface area contributed by atoms with E-state index < -0.39 is 6.08 Å². The van der Waals surface area contributed by atoms with E-state index in [0.717, 1.165) is 0 Å². The van der Waals surface area contributed by atoms with Crippen LogP contribution in [0.3, 0.4) is 0 Å². The molecule has 0 saturated carbocycles.